The van der Waals surface area contributed by atoms with Crippen molar-refractivity contribution in [2.24, 2.45) is 0 Å². The van der Waals surface area contributed by atoms with E-state index in [4.69, 9.17) is 4.74 Å². The summed E-state index contributed by atoms with van der Waals surface area (Å²) >= 11 is 0. The fourth-order valence-electron chi connectivity index (χ4n) is 0.894. The average Bonchev–Trinajstić information content (AvgIpc) is 2.25. The standard InChI is InChI=1S/C13H20O2/c1-5-7-8-9-12(4)13(14)15-10-11(3)6-2/h6,9-10H,2,5,7-8H2,1,3-4H3. The molecule has 0 amide bonds. The molecule has 0 saturated carbocycles. The van der Waals surface area contributed by atoms with Gasteiger partial charge in [-0.05, 0) is 25.8 Å². The molecule has 0 bridgehead atoms. The van der Waals surface area contributed by atoms with Crippen molar-refractivity contribution in [1.29, 1.82) is 0 Å². The molecule has 0 aromatic rings. The largest absolute Gasteiger partial charge is 0.431 e. The van der Waals surface area contributed by atoms with Gasteiger partial charge in [0.05, 0.1) is 6.26 Å². The van der Waals surface area contributed by atoms with E-state index in [0.717, 1.165) is 24.8 Å². The Morgan fingerprint density at radius 1 is 1.40 bits per heavy atom. The normalized spacial score (nSPS) is 12.5. The SMILES string of the molecule is C=CC(C)=COC(=O)C(C)=CCCCC. The Balaban J connectivity index is 4.09. The van der Waals surface area contributed by atoms with E-state index in [9.17, 15) is 4.79 Å². The third-order valence-corrected chi connectivity index (χ3v) is 2.00. The first-order valence-electron chi connectivity index (χ1n) is 5.28. The monoisotopic (exact) mass is 208 g/mol. The molecular weight excluding hydrogens is 188 g/mol. The van der Waals surface area contributed by atoms with Crippen LogP contribution in [0.3, 0.4) is 0 Å². The van der Waals surface area contributed by atoms with Crippen molar-refractivity contribution in [2.45, 2.75) is 40.0 Å². The first-order chi connectivity index (χ1) is 7.11. The van der Waals surface area contributed by atoms with Gasteiger partial charge in [-0.25, -0.2) is 4.79 Å². The summed E-state index contributed by atoms with van der Waals surface area (Å²) in [7, 11) is 0. The van der Waals surface area contributed by atoms with Gasteiger partial charge in [0.15, 0.2) is 0 Å². The molecule has 0 aromatic heterocycles. The minimum Gasteiger partial charge on any atom is -0.431 e. The summed E-state index contributed by atoms with van der Waals surface area (Å²) in [6.07, 6.45) is 8.15. The number of esters is 1. The van der Waals surface area contributed by atoms with E-state index in [-0.39, 0.29) is 5.97 Å². The predicted molar refractivity (Wildman–Crippen MR) is 63.3 cm³/mol. The van der Waals surface area contributed by atoms with Crippen LogP contribution in [-0.2, 0) is 9.53 Å². The van der Waals surface area contributed by atoms with Crippen LogP contribution >= 0.6 is 0 Å². The van der Waals surface area contributed by atoms with E-state index in [1.54, 1.807) is 13.0 Å². The van der Waals surface area contributed by atoms with Gasteiger partial charge >= 0.3 is 5.97 Å². The number of carbonyl (C=O) groups is 1. The minimum atomic E-state index is -0.285. The molecular formula is C13H20O2. The van der Waals surface area contributed by atoms with E-state index < -0.39 is 0 Å². The van der Waals surface area contributed by atoms with Crippen LogP contribution in [0, 0.1) is 0 Å². The van der Waals surface area contributed by atoms with Gasteiger partial charge in [0.25, 0.3) is 0 Å². The molecule has 0 radical (unpaired) electrons. The Morgan fingerprint density at radius 3 is 2.60 bits per heavy atom. The molecule has 15 heavy (non-hydrogen) atoms. The highest BCUT2D eigenvalue weighted by molar-refractivity contribution is 5.88. The van der Waals surface area contributed by atoms with Crippen LogP contribution in [0.5, 0.6) is 0 Å². The molecule has 0 spiro atoms. The predicted octanol–water partition coefficient (Wildman–Crippen LogP) is 3.76. The topological polar surface area (TPSA) is 26.3 Å². The fraction of sp³-hybridized carbons (Fsp3) is 0.462. The van der Waals surface area contributed by atoms with Crippen molar-refractivity contribution >= 4 is 5.97 Å². The molecule has 84 valence electrons. The van der Waals surface area contributed by atoms with Crippen LogP contribution < -0.4 is 0 Å². The quantitative estimate of drug-likeness (QED) is 0.218. The Labute approximate surface area is 92.3 Å². The molecule has 0 fully saturated rings. The van der Waals surface area contributed by atoms with Gasteiger partial charge in [0.1, 0.15) is 0 Å². The average molecular weight is 208 g/mol. The third-order valence-electron chi connectivity index (χ3n) is 2.00. The number of rotatable bonds is 6. The molecule has 0 atom stereocenters. The van der Waals surface area contributed by atoms with Crippen LogP contribution in [0.2, 0.25) is 0 Å². The van der Waals surface area contributed by atoms with E-state index in [2.05, 4.69) is 13.5 Å². The number of carbonyl (C=O) groups excluding carboxylic acids is 1. The summed E-state index contributed by atoms with van der Waals surface area (Å²) in [6.45, 7) is 9.30. The number of ether oxygens (including phenoxy) is 1. The second kappa shape index (κ2) is 8.04. The molecule has 2 nitrogen and oxygen atoms in total. The lowest BCUT2D eigenvalue weighted by atomic mass is 10.2. The second-order valence-corrected chi connectivity index (χ2v) is 3.50. The number of unbranched alkanes of at least 4 members (excludes halogenated alkanes) is 2. The summed E-state index contributed by atoms with van der Waals surface area (Å²) in [4.78, 5) is 11.4. The highest BCUT2D eigenvalue weighted by Gasteiger charge is 2.02. The zero-order valence-electron chi connectivity index (χ0n) is 9.88. The van der Waals surface area contributed by atoms with Crippen molar-refractivity contribution in [3.63, 3.8) is 0 Å². The molecule has 0 aliphatic heterocycles. The fourth-order valence-corrected chi connectivity index (χ4v) is 0.894. The van der Waals surface area contributed by atoms with Crippen molar-refractivity contribution in [3.05, 3.63) is 36.1 Å². The third kappa shape index (κ3) is 6.72. The summed E-state index contributed by atoms with van der Waals surface area (Å²) in [5, 5.41) is 0. The maximum Gasteiger partial charge on any atom is 0.338 e. The zero-order chi connectivity index (χ0) is 11.7. The first-order valence-corrected chi connectivity index (χ1v) is 5.28. The van der Waals surface area contributed by atoms with E-state index in [1.807, 2.05) is 13.0 Å². The minimum absolute atomic E-state index is 0.285. The van der Waals surface area contributed by atoms with Gasteiger partial charge in [-0.15, -0.1) is 0 Å². The second-order valence-electron chi connectivity index (χ2n) is 3.50. The molecule has 2 heteroatoms. The lowest BCUT2D eigenvalue weighted by molar-refractivity contribution is -0.133. The maximum absolute atomic E-state index is 11.4. The van der Waals surface area contributed by atoms with Gasteiger partial charge in [0.2, 0.25) is 0 Å². The molecule has 0 unspecified atom stereocenters. The van der Waals surface area contributed by atoms with Crippen molar-refractivity contribution < 1.29 is 9.53 Å². The number of hydrogen-bond donors (Lipinski definition) is 0. The van der Waals surface area contributed by atoms with Crippen LogP contribution in [-0.4, -0.2) is 5.97 Å². The van der Waals surface area contributed by atoms with Gasteiger partial charge in [-0.3, -0.25) is 0 Å². The molecule has 0 saturated heterocycles. The Bertz CT molecular complexity index is 272. The summed E-state index contributed by atoms with van der Waals surface area (Å²) < 4.78 is 4.95. The smallest absolute Gasteiger partial charge is 0.338 e. The maximum atomic E-state index is 11.4. The van der Waals surface area contributed by atoms with Crippen LogP contribution in [0.1, 0.15) is 40.0 Å². The van der Waals surface area contributed by atoms with Crippen molar-refractivity contribution in [3.8, 4) is 0 Å². The summed E-state index contributed by atoms with van der Waals surface area (Å²) in [5.41, 5.74) is 1.50. The van der Waals surface area contributed by atoms with E-state index in [1.165, 1.54) is 6.26 Å². The van der Waals surface area contributed by atoms with E-state index >= 15 is 0 Å². The zero-order valence-corrected chi connectivity index (χ0v) is 9.88. The molecule has 0 aliphatic carbocycles. The molecule has 0 aliphatic rings. The van der Waals surface area contributed by atoms with Crippen LogP contribution in [0.4, 0.5) is 0 Å². The molecule has 0 aromatic carbocycles. The molecule has 0 heterocycles. The molecule has 0 rings (SSSR count). The Morgan fingerprint density at radius 2 is 2.07 bits per heavy atom. The first kappa shape index (κ1) is 13.7. The molecule has 0 N–H and O–H groups in total. The Hall–Kier alpha value is -1.31. The van der Waals surface area contributed by atoms with Gasteiger partial charge < -0.3 is 4.74 Å². The highest BCUT2D eigenvalue weighted by Crippen LogP contribution is 2.04. The van der Waals surface area contributed by atoms with Gasteiger partial charge in [-0.2, -0.15) is 0 Å². The lowest BCUT2D eigenvalue weighted by Gasteiger charge is -2.00. The van der Waals surface area contributed by atoms with Crippen LogP contribution in [0.25, 0.3) is 0 Å². The van der Waals surface area contributed by atoms with Gasteiger partial charge in [0, 0.05) is 5.57 Å². The van der Waals surface area contributed by atoms with Crippen molar-refractivity contribution in [2.75, 3.05) is 0 Å². The number of allylic oxidation sites excluding steroid dienone is 3. The van der Waals surface area contributed by atoms with Crippen molar-refractivity contribution in [1.82, 2.24) is 0 Å². The van der Waals surface area contributed by atoms with Crippen LogP contribution in [0.15, 0.2) is 36.1 Å². The summed E-state index contributed by atoms with van der Waals surface area (Å²) in [5.74, 6) is -0.285. The Kier molecular flexibility index (Phi) is 7.33. The van der Waals surface area contributed by atoms with Gasteiger partial charge in [-0.1, -0.05) is 38.5 Å². The highest BCUT2D eigenvalue weighted by atomic mass is 16.5. The number of hydrogen-bond acceptors (Lipinski definition) is 2. The van der Waals surface area contributed by atoms with E-state index in [0.29, 0.717) is 5.57 Å². The summed E-state index contributed by atoms with van der Waals surface area (Å²) in [6, 6.07) is 0. The lowest BCUT2D eigenvalue weighted by Crippen LogP contribution is -2.01.